The molecular weight excluding hydrogens is 346 g/mol. The zero-order valence-electron chi connectivity index (χ0n) is 14.8. The van der Waals surface area contributed by atoms with E-state index < -0.39 is 5.69 Å². The van der Waals surface area contributed by atoms with Crippen molar-refractivity contribution >= 4 is 22.7 Å². The third-order valence-electron chi connectivity index (χ3n) is 4.99. The fourth-order valence-corrected chi connectivity index (χ4v) is 3.44. The SMILES string of the molecule is O=C(CCc1ccc2[nH]ccc2c1)N1CCN(C(=O)c2c[nH]c(=O)[nH]2)CC1. The largest absolute Gasteiger partial charge is 0.361 e. The van der Waals surface area contributed by atoms with Gasteiger partial charge in [0.1, 0.15) is 5.69 Å². The number of carbonyl (C=O) groups excluding carboxylic acids is 2. The van der Waals surface area contributed by atoms with Gasteiger partial charge in [0.05, 0.1) is 0 Å². The number of aryl methyl sites for hydroxylation is 1. The predicted molar refractivity (Wildman–Crippen MR) is 101 cm³/mol. The standard InChI is InChI=1S/C19H21N5O3/c25-17(4-2-13-1-3-15-14(11-13)5-6-20-15)23-7-9-24(10-8-23)18(26)16-12-21-19(27)22-16/h1,3,5-6,11-12,20H,2,4,7-10H2,(H2,21,22,27). The number of nitrogens with zero attached hydrogens (tertiary/aromatic N) is 2. The van der Waals surface area contributed by atoms with Gasteiger partial charge in [-0.15, -0.1) is 0 Å². The maximum atomic E-state index is 12.5. The molecule has 3 heterocycles. The second-order valence-electron chi connectivity index (χ2n) is 6.73. The fourth-order valence-electron chi connectivity index (χ4n) is 3.44. The van der Waals surface area contributed by atoms with Crippen LogP contribution < -0.4 is 5.69 Å². The number of aromatic amines is 3. The lowest BCUT2D eigenvalue weighted by atomic mass is 10.1. The molecule has 8 heteroatoms. The van der Waals surface area contributed by atoms with Crippen molar-refractivity contribution in [1.82, 2.24) is 24.8 Å². The van der Waals surface area contributed by atoms with Gasteiger partial charge in [-0.2, -0.15) is 0 Å². The van der Waals surface area contributed by atoms with Crippen LogP contribution >= 0.6 is 0 Å². The Kier molecular flexibility index (Phi) is 4.53. The van der Waals surface area contributed by atoms with E-state index in [0.29, 0.717) is 39.0 Å². The van der Waals surface area contributed by atoms with Gasteiger partial charge >= 0.3 is 5.69 Å². The molecule has 0 radical (unpaired) electrons. The first kappa shape index (κ1) is 17.1. The van der Waals surface area contributed by atoms with E-state index in [1.54, 1.807) is 9.80 Å². The molecule has 2 aromatic heterocycles. The Morgan fingerprint density at radius 3 is 2.52 bits per heavy atom. The van der Waals surface area contributed by atoms with Crippen LogP contribution in [0.4, 0.5) is 0 Å². The Hall–Kier alpha value is -3.29. The maximum absolute atomic E-state index is 12.5. The molecule has 0 unspecified atom stereocenters. The molecule has 27 heavy (non-hydrogen) atoms. The minimum absolute atomic E-state index is 0.103. The van der Waals surface area contributed by atoms with Gasteiger partial charge in [-0.05, 0) is 35.6 Å². The van der Waals surface area contributed by atoms with Crippen LogP contribution in [-0.4, -0.2) is 62.7 Å². The second-order valence-corrected chi connectivity index (χ2v) is 6.73. The van der Waals surface area contributed by atoms with Crippen molar-refractivity contribution in [3.05, 3.63) is 58.4 Å². The number of H-pyrrole nitrogens is 3. The lowest BCUT2D eigenvalue weighted by Crippen LogP contribution is -2.50. The number of fused-ring (bicyclic) bond motifs is 1. The molecule has 140 valence electrons. The molecule has 4 rings (SSSR count). The highest BCUT2D eigenvalue weighted by atomic mass is 16.2. The van der Waals surface area contributed by atoms with Gasteiger partial charge in [0.25, 0.3) is 5.91 Å². The van der Waals surface area contributed by atoms with Crippen LogP contribution in [0.2, 0.25) is 0 Å². The molecule has 1 aliphatic heterocycles. The van der Waals surface area contributed by atoms with Gasteiger partial charge in [0, 0.05) is 50.5 Å². The van der Waals surface area contributed by atoms with E-state index >= 15 is 0 Å². The zero-order chi connectivity index (χ0) is 18.8. The van der Waals surface area contributed by atoms with E-state index in [9.17, 15) is 14.4 Å². The summed E-state index contributed by atoms with van der Waals surface area (Å²) in [4.78, 5) is 47.5. The number of nitrogens with one attached hydrogen (secondary N) is 3. The highest BCUT2D eigenvalue weighted by Crippen LogP contribution is 2.16. The van der Waals surface area contributed by atoms with Gasteiger partial charge in [0.2, 0.25) is 5.91 Å². The van der Waals surface area contributed by atoms with Crippen molar-refractivity contribution < 1.29 is 9.59 Å². The fraction of sp³-hybridized carbons (Fsp3) is 0.316. The van der Waals surface area contributed by atoms with Gasteiger partial charge in [-0.1, -0.05) is 6.07 Å². The lowest BCUT2D eigenvalue weighted by molar-refractivity contribution is -0.132. The summed E-state index contributed by atoms with van der Waals surface area (Å²) in [7, 11) is 0. The Morgan fingerprint density at radius 2 is 1.78 bits per heavy atom. The van der Waals surface area contributed by atoms with E-state index in [1.807, 2.05) is 24.4 Å². The lowest BCUT2D eigenvalue weighted by Gasteiger charge is -2.34. The molecule has 2 amide bonds. The number of carbonyl (C=O) groups is 2. The minimum atomic E-state index is -0.398. The van der Waals surface area contributed by atoms with Crippen LogP contribution in [0.15, 0.2) is 41.5 Å². The Morgan fingerprint density at radius 1 is 1.00 bits per heavy atom. The van der Waals surface area contributed by atoms with Crippen LogP contribution in [0.3, 0.4) is 0 Å². The van der Waals surface area contributed by atoms with Crippen molar-refractivity contribution in [2.75, 3.05) is 26.2 Å². The molecule has 0 aliphatic carbocycles. The first-order valence-corrected chi connectivity index (χ1v) is 9.01. The van der Waals surface area contributed by atoms with Crippen LogP contribution in [0.5, 0.6) is 0 Å². The van der Waals surface area contributed by atoms with Crippen molar-refractivity contribution in [3.63, 3.8) is 0 Å². The number of hydrogen-bond donors (Lipinski definition) is 3. The summed E-state index contributed by atoms with van der Waals surface area (Å²) in [5, 5.41) is 1.15. The van der Waals surface area contributed by atoms with Crippen LogP contribution in [0.1, 0.15) is 22.5 Å². The monoisotopic (exact) mass is 367 g/mol. The summed E-state index contributed by atoms with van der Waals surface area (Å²) < 4.78 is 0. The average molecular weight is 367 g/mol. The number of amides is 2. The number of benzene rings is 1. The number of piperazine rings is 1. The molecule has 1 fully saturated rings. The first-order chi connectivity index (χ1) is 13.1. The highest BCUT2D eigenvalue weighted by Gasteiger charge is 2.25. The van der Waals surface area contributed by atoms with E-state index in [2.05, 4.69) is 21.0 Å². The molecule has 8 nitrogen and oxygen atoms in total. The molecular formula is C19H21N5O3. The molecule has 0 spiro atoms. The Labute approximate surface area is 155 Å². The van der Waals surface area contributed by atoms with Gasteiger partial charge in [-0.3, -0.25) is 9.59 Å². The number of aromatic nitrogens is 3. The summed E-state index contributed by atoms with van der Waals surface area (Å²) in [5.41, 5.74) is 2.08. The van der Waals surface area contributed by atoms with Crippen LogP contribution in [0.25, 0.3) is 10.9 Å². The average Bonchev–Trinajstić information content (AvgIpc) is 3.34. The summed E-state index contributed by atoms with van der Waals surface area (Å²) in [6.07, 6.45) is 4.44. The van der Waals surface area contributed by atoms with Gasteiger partial charge < -0.3 is 24.8 Å². The molecule has 3 aromatic rings. The van der Waals surface area contributed by atoms with Crippen LogP contribution in [-0.2, 0) is 11.2 Å². The third-order valence-corrected chi connectivity index (χ3v) is 4.99. The summed E-state index contributed by atoms with van der Waals surface area (Å²) in [6.45, 7) is 1.95. The van der Waals surface area contributed by atoms with Crippen LogP contribution in [0, 0.1) is 0 Å². The normalized spacial score (nSPS) is 14.7. The molecule has 0 saturated carbocycles. The van der Waals surface area contributed by atoms with Gasteiger partial charge in [0.15, 0.2) is 0 Å². The first-order valence-electron chi connectivity index (χ1n) is 9.01. The van der Waals surface area contributed by atoms with Crippen molar-refractivity contribution in [3.8, 4) is 0 Å². The Bertz CT molecular complexity index is 1020. The summed E-state index contributed by atoms with van der Waals surface area (Å²) >= 11 is 0. The molecule has 0 bridgehead atoms. The van der Waals surface area contributed by atoms with Crippen molar-refractivity contribution in [2.45, 2.75) is 12.8 Å². The molecule has 1 aromatic carbocycles. The second kappa shape index (κ2) is 7.14. The minimum Gasteiger partial charge on any atom is -0.361 e. The molecule has 3 N–H and O–H groups in total. The highest BCUT2D eigenvalue weighted by molar-refractivity contribution is 5.92. The Balaban J connectivity index is 1.29. The van der Waals surface area contributed by atoms with Crippen molar-refractivity contribution in [2.24, 2.45) is 0 Å². The number of hydrogen-bond acceptors (Lipinski definition) is 3. The van der Waals surface area contributed by atoms with Crippen molar-refractivity contribution in [1.29, 1.82) is 0 Å². The number of imidazole rings is 1. The molecule has 1 aliphatic rings. The predicted octanol–water partition coefficient (Wildman–Crippen LogP) is 1.10. The summed E-state index contributed by atoms with van der Waals surface area (Å²) in [5.74, 6) is -0.119. The smallest absolute Gasteiger partial charge is 0.323 e. The molecule has 0 atom stereocenters. The van der Waals surface area contributed by atoms with E-state index in [4.69, 9.17) is 0 Å². The quantitative estimate of drug-likeness (QED) is 0.643. The summed E-state index contributed by atoms with van der Waals surface area (Å²) in [6, 6.07) is 8.20. The topological polar surface area (TPSA) is 105 Å². The van der Waals surface area contributed by atoms with E-state index in [0.717, 1.165) is 16.5 Å². The maximum Gasteiger partial charge on any atom is 0.323 e. The zero-order valence-corrected chi connectivity index (χ0v) is 14.8. The molecule has 1 saturated heterocycles. The van der Waals surface area contributed by atoms with E-state index in [1.165, 1.54) is 6.20 Å². The third kappa shape index (κ3) is 3.64. The van der Waals surface area contributed by atoms with Gasteiger partial charge in [-0.25, -0.2) is 4.79 Å². The van der Waals surface area contributed by atoms with E-state index in [-0.39, 0.29) is 17.5 Å². The number of rotatable bonds is 4.